The smallest absolute Gasteiger partial charge is 0.303 e. The van der Waals surface area contributed by atoms with Crippen LogP contribution in [0.4, 0.5) is 0 Å². The van der Waals surface area contributed by atoms with Gasteiger partial charge in [-0.05, 0) is 32.6 Å². The Hall–Kier alpha value is -1.10. The summed E-state index contributed by atoms with van der Waals surface area (Å²) in [4.78, 5) is 22.4. The minimum atomic E-state index is -0.812. The summed E-state index contributed by atoms with van der Waals surface area (Å²) in [7, 11) is 0. The average Bonchev–Trinajstić information content (AvgIpc) is 2.87. The Morgan fingerprint density at radius 2 is 2.24 bits per heavy atom. The fourth-order valence-corrected chi connectivity index (χ4v) is 2.88. The number of amides is 1. The number of fused-ring (bicyclic) bond motifs is 2. The van der Waals surface area contributed by atoms with E-state index in [4.69, 9.17) is 5.11 Å². The van der Waals surface area contributed by atoms with E-state index >= 15 is 0 Å². The first-order valence-corrected chi connectivity index (χ1v) is 6.34. The number of hydrogen-bond acceptors (Lipinski definition) is 3. The fraction of sp³-hybridized carbons (Fsp3) is 0.833. The lowest BCUT2D eigenvalue weighted by Gasteiger charge is -2.22. The second-order valence-electron chi connectivity index (χ2n) is 5.23. The molecule has 0 aromatic carbocycles. The van der Waals surface area contributed by atoms with Gasteiger partial charge in [0.1, 0.15) is 0 Å². The van der Waals surface area contributed by atoms with Gasteiger partial charge in [0, 0.05) is 24.5 Å². The van der Waals surface area contributed by atoms with E-state index in [1.807, 2.05) is 6.92 Å². The van der Waals surface area contributed by atoms with E-state index in [1.165, 1.54) is 6.42 Å². The second kappa shape index (κ2) is 5.04. The first kappa shape index (κ1) is 12.4. The molecule has 5 nitrogen and oxygen atoms in total. The highest BCUT2D eigenvalue weighted by atomic mass is 16.4. The number of carbonyl (C=O) groups is 2. The van der Waals surface area contributed by atoms with Crippen LogP contribution in [0.2, 0.25) is 0 Å². The molecule has 2 fully saturated rings. The molecule has 0 radical (unpaired) electrons. The summed E-state index contributed by atoms with van der Waals surface area (Å²) >= 11 is 0. The van der Waals surface area contributed by atoms with Crippen molar-refractivity contribution < 1.29 is 14.7 Å². The zero-order valence-electron chi connectivity index (χ0n) is 10.1. The monoisotopic (exact) mass is 240 g/mol. The predicted molar refractivity (Wildman–Crippen MR) is 62.5 cm³/mol. The quantitative estimate of drug-likeness (QED) is 0.653. The number of carbonyl (C=O) groups excluding carboxylic acids is 1. The Kier molecular flexibility index (Phi) is 3.66. The normalized spacial score (nSPS) is 32.4. The van der Waals surface area contributed by atoms with Crippen LogP contribution in [0, 0.1) is 5.92 Å². The maximum absolute atomic E-state index is 12.0. The van der Waals surface area contributed by atoms with Gasteiger partial charge in [0.25, 0.3) is 0 Å². The summed E-state index contributed by atoms with van der Waals surface area (Å²) in [6.45, 7) is 1.86. The molecule has 2 heterocycles. The Balaban J connectivity index is 1.75. The standard InChI is InChI=1S/C12H20N2O3/c1-7(2-5-11(15)16)13-12(17)9-6-8-3-4-10(9)14-8/h7-10,14H,2-6H2,1H3,(H,13,17)(H,15,16). The Bertz CT molecular complexity index is 319. The maximum atomic E-state index is 12.0. The Morgan fingerprint density at radius 3 is 2.76 bits per heavy atom. The lowest BCUT2D eigenvalue weighted by atomic mass is 9.88. The molecule has 0 aromatic heterocycles. The molecule has 0 aliphatic carbocycles. The molecule has 2 aliphatic rings. The van der Waals surface area contributed by atoms with Gasteiger partial charge in [0.2, 0.25) is 5.91 Å². The number of nitrogens with one attached hydrogen (secondary N) is 2. The third kappa shape index (κ3) is 2.97. The summed E-state index contributed by atoms with van der Waals surface area (Å²) in [5.41, 5.74) is 0. The number of rotatable bonds is 5. The zero-order valence-corrected chi connectivity index (χ0v) is 10.1. The lowest BCUT2D eigenvalue weighted by molar-refractivity contribution is -0.137. The molecule has 1 amide bonds. The number of carboxylic acid groups (broad SMARTS) is 1. The summed E-state index contributed by atoms with van der Waals surface area (Å²) in [5, 5.41) is 14.9. The molecule has 3 N–H and O–H groups in total. The lowest BCUT2D eigenvalue weighted by Crippen LogP contribution is -2.41. The van der Waals surface area contributed by atoms with Gasteiger partial charge >= 0.3 is 5.97 Å². The first-order chi connectivity index (χ1) is 8.06. The van der Waals surface area contributed by atoms with E-state index < -0.39 is 5.97 Å². The van der Waals surface area contributed by atoms with E-state index in [1.54, 1.807) is 0 Å². The molecule has 96 valence electrons. The maximum Gasteiger partial charge on any atom is 0.303 e. The van der Waals surface area contributed by atoms with Gasteiger partial charge in [-0.2, -0.15) is 0 Å². The van der Waals surface area contributed by atoms with Gasteiger partial charge in [-0.25, -0.2) is 0 Å². The van der Waals surface area contributed by atoms with Crippen LogP contribution < -0.4 is 10.6 Å². The van der Waals surface area contributed by atoms with Gasteiger partial charge in [-0.15, -0.1) is 0 Å². The molecular weight excluding hydrogens is 220 g/mol. The number of carboxylic acids is 1. The molecule has 0 saturated carbocycles. The van der Waals surface area contributed by atoms with Gasteiger partial charge in [0.15, 0.2) is 0 Å². The van der Waals surface area contributed by atoms with Crippen LogP contribution in [-0.2, 0) is 9.59 Å². The molecule has 0 spiro atoms. The zero-order chi connectivity index (χ0) is 12.4. The summed E-state index contributed by atoms with van der Waals surface area (Å²) in [5.74, 6) is -0.642. The van der Waals surface area contributed by atoms with Crippen LogP contribution in [0.3, 0.4) is 0 Å². The fourth-order valence-electron chi connectivity index (χ4n) is 2.88. The highest BCUT2D eigenvalue weighted by Crippen LogP contribution is 2.33. The van der Waals surface area contributed by atoms with Gasteiger partial charge < -0.3 is 15.7 Å². The number of hydrogen-bond donors (Lipinski definition) is 3. The van der Waals surface area contributed by atoms with E-state index in [-0.39, 0.29) is 24.3 Å². The van der Waals surface area contributed by atoms with E-state index in [0.717, 1.165) is 12.8 Å². The van der Waals surface area contributed by atoms with E-state index in [0.29, 0.717) is 18.5 Å². The third-order valence-electron chi connectivity index (χ3n) is 3.82. The summed E-state index contributed by atoms with van der Waals surface area (Å²) in [6.07, 6.45) is 3.81. The summed E-state index contributed by atoms with van der Waals surface area (Å²) in [6, 6.07) is 0.800. The minimum absolute atomic E-state index is 0.0577. The van der Waals surface area contributed by atoms with Crippen molar-refractivity contribution in [1.29, 1.82) is 0 Å². The molecule has 0 aromatic rings. The van der Waals surface area contributed by atoms with E-state index in [2.05, 4.69) is 10.6 Å². The molecule has 5 heteroatoms. The van der Waals surface area contributed by atoms with Crippen LogP contribution in [0.5, 0.6) is 0 Å². The Labute approximate surface area is 101 Å². The largest absolute Gasteiger partial charge is 0.481 e. The van der Waals surface area contributed by atoms with Crippen LogP contribution in [-0.4, -0.2) is 35.1 Å². The molecule has 4 atom stereocenters. The van der Waals surface area contributed by atoms with Crippen molar-refractivity contribution in [3.63, 3.8) is 0 Å². The second-order valence-corrected chi connectivity index (χ2v) is 5.23. The van der Waals surface area contributed by atoms with Gasteiger partial charge in [-0.1, -0.05) is 0 Å². The SMILES string of the molecule is CC(CCC(=O)O)NC(=O)C1CC2CCC1N2. The van der Waals surface area contributed by atoms with Crippen molar-refractivity contribution in [2.24, 2.45) is 5.92 Å². The highest BCUT2D eigenvalue weighted by Gasteiger charge is 2.42. The molecular formula is C12H20N2O3. The van der Waals surface area contributed by atoms with Gasteiger partial charge in [-0.3, -0.25) is 9.59 Å². The molecule has 2 rings (SSSR count). The topological polar surface area (TPSA) is 78.4 Å². The highest BCUT2D eigenvalue weighted by molar-refractivity contribution is 5.80. The molecule has 17 heavy (non-hydrogen) atoms. The van der Waals surface area contributed by atoms with Crippen molar-refractivity contribution in [2.75, 3.05) is 0 Å². The van der Waals surface area contributed by atoms with Crippen molar-refractivity contribution in [2.45, 2.75) is 57.2 Å². The Morgan fingerprint density at radius 1 is 1.47 bits per heavy atom. The first-order valence-electron chi connectivity index (χ1n) is 6.34. The molecule has 4 unspecified atom stereocenters. The van der Waals surface area contributed by atoms with Crippen molar-refractivity contribution in [3.8, 4) is 0 Å². The molecule has 2 saturated heterocycles. The van der Waals surface area contributed by atoms with Crippen molar-refractivity contribution in [3.05, 3.63) is 0 Å². The van der Waals surface area contributed by atoms with Crippen LogP contribution in [0.1, 0.15) is 39.0 Å². The molecule has 2 bridgehead atoms. The van der Waals surface area contributed by atoms with Crippen molar-refractivity contribution in [1.82, 2.24) is 10.6 Å². The van der Waals surface area contributed by atoms with Gasteiger partial charge in [0.05, 0.1) is 5.92 Å². The van der Waals surface area contributed by atoms with Crippen LogP contribution in [0.15, 0.2) is 0 Å². The minimum Gasteiger partial charge on any atom is -0.481 e. The van der Waals surface area contributed by atoms with Crippen LogP contribution in [0.25, 0.3) is 0 Å². The molecule has 2 aliphatic heterocycles. The van der Waals surface area contributed by atoms with Crippen molar-refractivity contribution >= 4 is 11.9 Å². The van der Waals surface area contributed by atoms with E-state index in [9.17, 15) is 9.59 Å². The third-order valence-corrected chi connectivity index (χ3v) is 3.82. The number of aliphatic carboxylic acids is 1. The summed E-state index contributed by atoms with van der Waals surface area (Å²) < 4.78 is 0. The average molecular weight is 240 g/mol. The predicted octanol–water partition coefficient (Wildman–Crippen LogP) is 0.496. The van der Waals surface area contributed by atoms with Crippen LogP contribution >= 0.6 is 0 Å².